The molecule has 0 aliphatic rings. The summed E-state index contributed by atoms with van der Waals surface area (Å²) in [5, 5.41) is 2.36. The van der Waals surface area contributed by atoms with E-state index < -0.39 is 23.8 Å². The molecular formula is C15H19N3O4S. The lowest BCUT2D eigenvalue weighted by atomic mass is 10.3. The summed E-state index contributed by atoms with van der Waals surface area (Å²) in [6.45, 7) is 6.94. The minimum atomic E-state index is -0.616. The van der Waals surface area contributed by atoms with Crippen molar-refractivity contribution in [3.63, 3.8) is 0 Å². The summed E-state index contributed by atoms with van der Waals surface area (Å²) in [4.78, 5) is 41.1. The van der Waals surface area contributed by atoms with Crippen LogP contribution in [0, 0.1) is 6.92 Å². The molecular weight excluding hydrogens is 318 g/mol. The van der Waals surface area contributed by atoms with E-state index in [2.05, 4.69) is 4.98 Å². The molecule has 7 nitrogen and oxygen atoms in total. The van der Waals surface area contributed by atoms with Gasteiger partial charge in [0.15, 0.2) is 0 Å². The SMILES string of the molecule is CCOC(=O)Cn1c(=O)c(-c2nc(C)cs2)cn(C(C)C)c1=O. The highest BCUT2D eigenvalue weighted by Gasteiger charge is 2.18. The Balaban J connectivity index is 2.65. The maximum Gasteiger partial charge on any atom is 0.331 e. The van der Waals surface area contributed by atoms with Crippen LogP contribution in [0.4, 0.5) is 0 Å². The second kappa shape index (κ2) is 6.91. The van der Waals surface area contributed by atoms with Crippen LogP contribution in [0.3, 0.4) is 0 Å². The van der Waals surface area contributed by atoms with Crippen molar-refractivity contribution < 1.29 is 9.53 Å². The third kappa shape index (κ3) is 3.58. The summed E-state index contributed by atoms with van der Waals surface area (Å²) in [6.07, 6.45) is 1.51. The molecule has 0 spiro atoms. The van der Waals surface area contributed by atoms with Crippen LogP contribution < -0.4 is 11.2 Å². The molecule has 0 atom stereocenters. The number of rotatable bonds is 5. The van der Waals surface area contributed by atoms with Gasteiger partial charge in [-0.3, -0.25) is 14.2 Å². The van der Waals surface area contributed by atoms with Crippen LogP contribution in [0.25, 0.3) is 10.6 Å². The summed E-state index contributed by atoms with van der Waals surface area (Å²) in [6, 6.07) is -0.156. The fourth-order valence-electron chi connectivity index (χ4n) is 2.09. The number of esters is 1. The van der Waals surface area contributed by atoms with Gasteiger partial charge in [0.2, 0.25) is 0 Å². The summed E-state index contributed by atoms with van der Waals surface area (Å²) in [5.41, 5.74) is 0.0359. The first kappa shape index (κ1) is 17.1. The second-order valence-electron chi connectivity index (χ2n) is 5.32. The molecule has 2 aromatic heterocycles. The number of ether oxygens (including phenoxy) is 1. The lowest BCUT2D eigenvalue weighted by Gasteiger charge is -2.14. The molecule has 2 aromatic rings. The number of carbonyl (C=O) groups excluding carboxylic acids is 1. The number of carbonyl (C=O) groups is 1. The molecule has 0 radical (unpaired) electrons. The van der Waals surface area contributed by atoms with Crippen molar-refractivity contribution in [3.05, 3.63) is 38.1 Å². The summed E-state index contributed by atoms with van der Waals surface area (Å²) in [7, 11) is 0. The molecule has 0 aliphatic carbocycles. The minimum Gasteiger partial charge on any atom is -0.465 e. The Hall–Kier alpha value is -2.22. The zero-order valence-electron chi connectivity index (χ0n) is 13.5. The Labute approximate surface area is 137 Å². The van der Waals surface area contributed by atoms with Gasteiger partial charge in [0.25, 0.3) is 5.56 Å². The van der Waals surface area contributed by atoms with Crippen LogP contribution in [0.5, 0.6) is 0 Å². The number of thiazole rings is 1. The third-order valence-corrected chi connectivity index (χ3v) is 4.19. The van der Waals surface area contributed by atoms with E-state index in [-0.39, 0.29) is 12.6 Å². The van der Waals surface area contributed by atoms with E-state index in [0.29, 0.717) is 10.6 Å². The average Bonchev–Trinajstić information content (AvgIpc) is 2.90. The third-order valence-electron chi connectivity index (χ3n) is 3.19. The van der Waals surface area contributed by atoms with Crippen LogP contribution in [0.15, 0.2) is 21.2 Å². The summed E-state index contributed by atoms with van der Waals surface area (Å²) in [5.74, 6) is -0.616. The molecule has 8 heteroatoms. The Kier molecular flexibility index (Phi) is 5.15. The van der Waals surface area contributed by atoms with E-state index in [1.165, 1.54) is 22.1 Å². The predicted octanol–water partition coefficient (Wildman–Crippen LogP) is 1.59. The molecule has 0 aromatic carbocycles. The Morgan fingerprint density at radius 2 is 2.09 bits per heavy atom. The van der Waals surface area contributed by atoms with Gasteiger partial charge in [-0.05, 0) is 27.7 Å². The van der Waals surface area contributed by atoms with Crippen molar-refractivity contribution in [3.8, 4) is 10.6 Å². The number of hydrogen-bond acceptors (Lipinski definition) is 6. The number of aromatic nitrogens is 3. The highest BCUT2D eigenvalue weighted by molar-refractivity contribution is 7.13. The van der Waals surface area contributed by atoms with Crippen molar-refractivity contribution in [2.24, 2.45) is 0 Å². The molecule has 2 heterocycles. The molecule has 2 rings (SSSR count). The van der Waals surface area contributed by atoms with Crippen LogP contribution >= 0.6 is 11.3 Å². The minimum absolute atomic E-state index is 0.156. The van der Waals surface area contributed by atoms with Gasteiger partial charge in [-0.1, -0.05) is 0 Å². The van der Waals surface area contributed by atoms with Crippen molar-refractivity contribution >= 4 is 17.3 Å². The van der Waals surface area contributed by atoms with Gasteiger partial charge < -0.3 is 4.74 Å². The van der Waals surface area contributed by atoms with E-state index in [0.717, 1.165) is 10.3 Å². The molecule has 0 N–H and O–H groups in total. The normalized spacial score (nSPS) is 11.0. The molecule has 0 amide bonds. The van der Waals surface area contributed by atoms with Crippen LogP contribution in [0.1, 0.15) is 32.5 Å². The number of nitrogens with zero attached hydrogens (tertiary/aromatic N) is 3. The first-order chi connectivity index (χ1) is 10.8. The van der Waals surface area contributed by atoms with Gasteiger partial charge in [-0.15, -0.1) is 11.3 Å². The summed E-state index contributed by atoms with van der Waals surface area (Å²) >= 11 is 1.32. The quantitative estimate of drug-likeness (QED) is 0.774. The molecule has 0 saturated carbocycles. The largest absolute Gasteiger partial charge is 0.465 e. The predicted molar refractivity (Wildman–Crippen MR) is 87.8 cm³/mol. The number of aryl methyl sites for hydroxylation is 1. The Morgan fingerprint density at radius 1 is 1.39 bits per heavy atom. The van der Waals surface area contributed by atoms with Crippen LogP contribution in [-0.4, -0.2) is 26.7 Å². The first-order valence-corrected chi connectivity index (χ1v) is 8.17. The van der Waals surface area contributed by atoms with Crippen LogP contribution in [-0.2, 0) is 16.1 Å². The molecule has 0 aliphatic heterocycles. The zero-order chi connectivity index (χ0) is 17.1. The van der Waals surface area contributed by atoms with Crippen molar-refractivity contribution in [1.82, 2.24) is 14.1 Å². The smallest absolute Gasteiger partial charge is 0.331 e. The summed E-state index contributed by atoms with van der Waals surface area (Å²) < 4.78 is 7.18. The van der Waals surface area contributed by atoms with Gasteiger partial charge >= 0.3 is 11.7 Å². The monoisotopic (exact) mass is 337 g/mol. The molecule has 23 heavy (non-hydrogen) atoms. The molecule has 0 bridgehead atoms. The molecule has 0 saturated heterocycles. The molecule has 124 valence electrons. The fraction of sp³-hybridized carbons (Fsp3) is 0.467. The lowest BCUT2D eigenvalue weighted by Crippen LogP contribution is -2.42. The van der Waals surface area contributed by atoms with Crippen LogP contribution in [0.2, 0.25) is 0 Å². The lowest BCUT2D eigenvalue weighted by molar-refractivity contribution is -0.143. The van der Waals surface area contributed by atoms with Gasteiger partial charge in [0.1, 0.15) is 11.6 Å². The number of hydrogen-bond donors (Lipinski definition) is 0. The maximum absolute atomic E-state index is 12.6. The Bertz CT molecular complexity index is 832. The molecule has 0 fully saturated rings. The Morgan fingerprint density at radius 3 is 2.61 bits per heavy atom. The van der Waals surface area contributed by atoms with Crippen molar-refractivity contribution in [1.29, 1.82) is 0 Å². The first-order valence-electron chi connectivity index (χ1n) is 7.29. The molecule has 0 unspecified atom stereocenters. The zero-order valence-corrected chi connectivity index (χ0v) is 14.3. The highest BCUT2D eigenvalue weighted by atomic mass is 32.1. The van der Waals surface area contributed by atoms with Crippen molar-refractivity contribution in [2.45, 2.75) is 40.3 Å². The van der Waals surface area contributed by atoms with Crippen molar-refractivity contribution in [2.75, 3.05) is 6.61 Å². The topological polar surface area (TPSA) is 83.2 Å². The fourth-order valence-corrected chi connectivity index (χ4v) is 2.89. The standard InChI is InChI=1S/C15H19N3O4S/c1-5-22-12(19)7-18-14(20)11(13-16-10(4)8-23-13)6-17(9(2)3)15(18)21/h6,8-9H,5,7H2,1-4H3. The average molecular weight is 337 g/mol. The van der Waals surface area contributed by atoms with Gasteiger partial charge in [-0.25, -0.2) is 14.3 Å². The second-order valence-corrected chi connectivity index (χ2v) is 6.17. The van der Waals surface area contributed by atoms with E-state index >= 15 is 0 Å². The van der Waals surface area contributed by atoms with E-state index in [4.69, 9.17) is 4.74 Å². The van der Waals surface area contributed by atoms with E-state index in [1.54, 1.807) is 6.92 Å². The van der Waals surface area contributed by atoms with Gasteiger partial charge in [0, 0.05) is 23.3 Å². The highest BCUT2D eigenvalue weighted by Crippen LogP contribution is 2.20. The van der Waals surface area contributed by atoms with Gasteiger partial charge in [-0.2, -0.15) is 0 Å². The van der Waals surface area contributed by atoms with E-state index in [1.807, 2.05) is 26.2 Å². The van der Waals surface area contributed by atoms with Gasteiger partial charge in [0.05, 0.1) is 12.2 Å². The maximum atomic E-state index is 12.6. The van der Waals surface area contributed by atoms with E-state index in [9.17, 15) is 14.4 Å².